The molecule has 1 unspecified atom stereocenters. The molecule has 146 valence electrons. The van der Waals surface area contributed by atoms with Gasteiger partial charge in [0.15, 0.2) is 0 Å². The van der Waals surface area contributed by atoms with Crippen molar-refractivity contribution in [3.05, 3.63) is 0 Å². The quantitative estimate of drug-likeness (QED) is 0.342. The van der Waals surface area contributed by atoms with Crippen LogP contribution >= 0.6 is 0 Å². The van der Waals surface area contributed by atoms with Crippen LogP contribution in [0.1, 0.15) is 90.4 Å². The molecule has 1 fully saturated rings. The lowest BCUT2D eigenvalue weighted by atomic mass is 10.1. The molecular formula is C20H37NO4. The highest BCUT2D eigenvalue weighted by atomic mass is 16.6. The highest BCUT2D eigenvalue weighted by molar-refractivity contribution is 5.82. The van der Waals surface area contributed by atoms with Gasteiger partial charge >= 0.3 is 12.1 Å². The molecule has 5 nitrogen and oxygen atoms in total. The van der Waals surface area contributed by atoms with Crippen LogP contribution < -0.4 is 0 Å². The summed E-state index contributed by atoms with van der Waals surface area (Å²) >= 11 is 0. The number of rotatable bonds is 13. The molecular weight excluding hydrogens is 318 g/mol. The van der Waals surface area contributed by atoms with E-state index in [0.717, 1.165) is 19.3 Å². The van der Waals surface area contributed by atoms with Crippen molar-refractivity contribution in [2.24, 2.45) is 0 Å². The van der Waals surface area contributed by atoms with Crippen molar-refractivity contribution in [2.75, 3.05) is 20.3 Å². The van der Waals surface area contributed by atoms with Gasteiger partial charge in [0.05, 0.1) is 13.7 Å². The lowest BCUT2D eigenvalue weighted by Gasteiger charge is -2.21. The first kappa shape index (κ1) is 21.8. The Morgan fingerprint density at radius 3 is 2.04 bits per heavy atom. The number of unbranched alkanes of at least 4 members (excludes halogenated alkanes) is 10. The molecule has 0 aliphatic carbocycles. The van der Waals surface area contributed by atoms with Crippen LogP contribution in [-0.4, -0.2) is 43.3 Å². The van der Waals surface area contributed by atoms with E-state index in [0.29, 0.717) is 19.6 Å². The minimum Gasteiger partial charge on any atom is -0.464 e. The first-order chi connectivity index (χ1) is 12.2. The summed E-state index contributed by atoms with van der Waals surface area (Å²) in [5.41, 5.74) is 0. The second-order valence-corrected chi connectivity index (χ2v) is 7.02. The number of hydrogen-bond donors (Lipinski definition) is 0. The molecule has 25 heavy (non-hydrogen) atoms. The SMILES string of the molecule is CCCCCCCCCCCCCOC(=O)C1CCCN1C(=O)OC. The summed E-state index contributed by atoms with van der Waals surface area (Å²) < 4.78 is 10.1. The van der Waals surface area contributed by atoms with E-state index in [-0.39, 0.29) is 5.97 Å². The summed E-state index contributed by atoms with van der Waals surface area (Å²) in [6.45, 7) is 3.28. The number of methoxy groups -OCH3 is 1. The lowest BCUT2D eigenvalue weighted by molar-refractivity contribution is -0.148. The fourth-order valence-electron chi connectivity index (χ4n) is 3.38. The summed E-state index contributed by atoms with van der Waals surface area (Å²) in [7, 11) is 1.34. The van der Waals surface area contributed by atoms with Gasteiger partial charge in [-0.1, -0.05) is 71.1 Å². The fourth-order valence-corrected chi connectivity index (χ4v) is 3.38. The van der Waals surface area contributed by atoms with E-state index < -0.39 is 12.1 Å². The van der Waals surface area contributed by atoms with Crippen molar-refractivity contribution in [3.63, 3.8) is 0 Å². The van der Waals surface area contributed by atoms with Crippen molar-refractivity contribution in [1.82, 2.24) is 4.90 Å². The van der Waals surface area contributed by atoms with E-state index in [1.54, 1.807) is 0 Å². The van der Waals surface area contributed by atoms with Gasteiger partial charge in [-0.15, -0.1) is 0 Å². The lowest BCUT2D eigenvalue weighted by Crippen LogP contribution is -2.41. The van der Waals surface area contributed by atoms with Crippen LogP contribution in [0.5, 0.6) is 0 Å². The standard InChI is InChI=1S/C20H37NO4/c1-3-4-5-6-7-8-9-10-11-12-13-17-25-19(22)18-15-14-16-21(18)20(23)24-2/h18H,3-17H2,1-2H3. The number of nitrogens with zero attached hydrogens (tertiary/aromatic N) is 1. The normalized spacial score (nSPS) is 16.9. The zero-order valence-electron chi connectivity index (χ0n) is 16.3. The molecule has 0 spiro atoms. The van der Waals surface area contributed by atoms with Crippen molar-refractivity contribution >= 4 is 12.1 Å². The van der Waals surface area contributed by atoms with Gasteiger partial charge in [-0.3, -0.25) is 4.90 Å². The molecule has 1 aliphatic rings. The van der Waals surface area contributed by atoms with Gasteiger partial charge in [-0.2, -0.15) is 0 Å². The Balaban J connectivity index is 1.95. The number of esters is 1. The zero-order valence-corrected chi connectivity index (χ0v) is 16.3. The second kappa shape index (κ2) is 14.0. The molecule has 5 heteroatoms. The van der Waals surface area contributed by atoms with Gasteiger partial charge in [-0.05, 0) is 19.3 Å². The van der Waals surface area contributed by atoms with Crippen molar-refractivity contribution in [1.29, 1.82) is 0 Å². The Morgan fingerprint density at radius 2 is 1.48 bits per heavy atom. The van der Waals surface area contributed by atoms with E-state index in [1.165, 1.54) is 69.8 Å². The number of carbonyl (C=O) groups is 2. The molecule has 0 radical (unpaired) electrons. The highest BCUT2D eigenvalue weighted by Gasteiger charge is 2.35. The van der Waals surface area contributed by atoms with Gasteiger partial charge in [0.1, 0.15) is 6.04 Å². The molecule has 0 saturated carbocycles. The first-order valence-electron chi connectivity index (χ1n) is 10.2. The van der Waals surface area contributed by atoms with Crippen LogP contribution in [0.25, 0.3) is 0 Å². The molecule has 0 bridgehead atoms. The second-order valence-electron chi connectivity index (χ2n) is 7.02. The third-order valence-electron chi connectivity index (χ3n) is 4.93. The largest absolute Gasteiger partial charge is 0.464 e. The van der Waals surface area contributed by atoms with Gasteiger partial charge in [0.2, 0.25) is 0 Å². The van der Waals surface area contributed by atoms with Crippen molar-refractivity contribution in [3.8, 4) is 0 Å². The maximum Gasteiger partial charge on any atom is 0.410 e. The molecule has 0 N–H and O–H groups in total. The van der Waals surface area contributed by atoms with Crippen LogP contribution in [0.4, 0.5) is 4.79 Å². The topological polar surface area (TPSA) is 55.8 Å². The minimum absolute atomic E-state index is 0.282. The van der Waals surface area contributed by atoms with Gasteiger partial charge in [-0.25, -0.2) is 9.59 Å². The van der Waals surface area contributed by atoms with E-state index in [1.807, 2.05) is 0 Å². The smallest absolute Gasteiger partial charge is 0.410 e. The number of likely N-dealkylation sites (tertiary alicyclic amines) is 1. The van der Waals surface area contributed by atoms with E-state index >= 15 is 0 Å². The Kier molecular flexibility index (Phi) is 12.2. The van der Waals surface area contributed by atoms with Gasteiger partial charge in [0, 0.05) is 6.54 Å². The van der Waals surface area contributed by atoms with E-state index in [9.17, 15) is 9.59 Å². The zero-order chi connectivity index (χ0) is 18.3. The number of amides is 1. The maximum absolute atomic E-state index is 12.1. The summed E-state index contributed by atoms with van der Waals surface area (Å²) in [5, 5.41) is 0. The predicted molar refractivity (Wildman–Crippen MR) is 99.6 cm³/mol. The van der Waals surface area contributed by atoms with Gasteiger partial charge < -0.3 is 9.47 Å². The molecule has 1 aliphatic heterocycles. The highest BCUT2D eigenvalue weighted by Crippen LogP contribution is 2.19. The molecule has 0 aromatic carbocycles. The summed E-state index contributed by atoms with van der Waals surface area (Å²) in [6, 6.07) is -0.458. The first-order valence-corrected chi connectivity index (χ1v) is 10.2. The summed E-state index contributed by atoms with van der Waals surface area (Å²) in [5.74, 6) is -0.282. The Labute approximate surface area is 153 Å². The Hall–Kier alpha value is -1.26. The van der Waals surface area contributed by atoms with Crippen LogP contribution in [-0.2, 0) is 14.3 Å². The van der Waals surface area contributed by atoms with Crippen LogP contribution in [0.2, 0.25) is 0 Å². The van der Waals surface area contributed by atoms with E-state index in [4.69, 9.17) is 9.47 Å². The molecule has 1 saturated heterocycles. The number of ether oxygens (including phenoxy) is 2. The fraction of sp³-hybridized carbons (Fsp3) is 0.900. The molecule has 1 atom stereocenters. The van der Waals surface area contributed by atoms with Crippen LogP contribution in [0.15, 0.2) is 0 Å². The predicted octanol–water partition coefficient (Wildman–Crippen LogP) is 5.07. The third kappa shape index (κ3) is 9.13. The van der Waals surface area contributed by atoms with Crippen LogP contribution in [0.3, 0.4) is 0 Å². The summed E-state index contributed by atoms with van der Waals surface area (Å²) in [4.78, 5) is 25.2. The molecule has 0 aromatic heterocycles. The molecule has 1 rings (SSSR count). The Bertz CT molecular complexity index is 373. The molecule has 1 amide bonds. The molecule has 0 aromatic rings. The van der Waals surface area contributed by atoms with Crippen molar-refractivity contribution < 1.29 is 19.1 Å². The van der Waals surface area contributed by atoms with Crippen LogP contribution in [0, 0.1) is 0 Å². The summed E-state index contributed by atoms with van der Waals surface area (Å²) in [6.07, 6.45) is 15.1. The Morgan fingerprint density at radius 1 is 0.920 bits per heavy atom. The monoisotopic (exact) mass is 355 g/mol. The average Bonchev–Trinajstić information content (AvgIpc) is 3.11. The maximum atomic E-state index is 12.1. The number of carbonyl (C=O) groups excluding carboxylic acids is 2. The van der Waals surface area contributed by atoms with Gasteiger partial charge in [0.25, 0.3) is 0 Å². The third-order valence-corrected chi connectivity index (χ3v) is 4.93. The minimum atomic E-state index is -0.458. The van der Waals surface area contributed by atoms with Crippen molar-refractivity contribution in [2.45, 2.75) is 96.4 Å². The average molecular weight is 356 g/mol. The number of hydrogen-bond acceptors (Lipinski definition) is 4. The van der Waals surface area contributed by atoms with E-state index in [2.05, 4.69) is 6.92 Å². The molecule has 1 heterocycles.